The average Bonchev–Trinajstić information content (AvgIpc) is 2.60. The van der Waals surface area contributed by atoms with Crippen molar-refractivity contribution in [1.29, 1.82) is 0 Å². The number of hydrazone groups is 1. The van der Waals surface area contributed by atoms with Gasteiger partial charge in [-0.05, 0) is 49.4 Å². The molecule has 0 saturated heterocycles. The van der Waals surface area contributed by atoms with Gasteiger partial charge in [0.1, 0.15) is 5.75 Å². The number of carbonyl (C=O) groups is 1. The summed E-state index contributed by atoms with van der Waals surface area (Å²) in [6, 6.07) is 12.3. The molecule has 1 amide bonds. The van der Waals surface area contributed by atoms with Crippen molar-refractivity contribution >= 4 is 40.5 Å². The van der Waals surface area contributed by atoms with Crippen LogP contribution in [0.1, 0.15) is 12.5 Å². The fraction of sp³-hybridized carbons (Fsp3) is 0.176. The third kappa shape index (κ3) is 5.15. The van der Waals surface area contributed by atoms with Gasteiger partial charge in [0.05, 0.1) is 19.4 Å². The first-order valence-electron chi connectivity index (χ1n) is 7.16. The Balaban J connectivity index is 1.90. The molecule has 7 heteroatoms. The SMILES string of the molecule is COc1ccc(NCC(=O)N/N=C(\C)c2cc(Cl)ccc2Cl)cc1. The molecule has 0 aliphatic rings. The van der Waals surface area contributed by atoms with Crippen LogP contribution in [-0.2, 0) is 4.79 Å². The number of rotatable bonds is 6. The van der Waals surface area contributed by atoms with E-state index in [2.05, 4.69) is 15.8 Å². The van der Waals surface area contributed by atoms with E-state index in [1.54, 1.807) is 32.2 Å². The number of methoxy groups -OCH3 is 1. The van der Waals surface area contributed by atoms with Crippen LogP contribution in [0.5, 0.6) is 5.75 Å². The lowest BCUT2D eigenvalue weighted by molar-refractivity contribution is -0.119. The summed E-state index contributed by atoms with van der Waals surface area (Å²) in [4.78, 5) is 11.9. The molecule has 0 aliphatic heterocycles. The summed E-state index contributed by atoms with van der Waals surface area (Å²) in [6.07, 6.45) is 0. The van der Waals surface area contributed by atoms with Crippen LogP contribution in [0.4, 0.5) is 5.69 Å². The highest BCUT2D eigenvalue weighted by Crippen LogP contribution is 2.21. The zero-order valence-corrected chi connectivity index (χ0v) is 14.8. The molecule has 24 heavy (non-hydrogen) atoms. The lowest BCUT2D eigenvalue weighted by Gasteiger charge is -2.08. The predicted molar refractivity (Wildman–Crippen MR) is 98.3 cm³/mol. The van der Waals surface area contributed by atoms with Crippen LogP contribution in [0, 0.1) is 0 Å². The fourth-order valence-corrected chi connectivity index (χ4v) is 2.34. The smallest absolute Gasteiger partial charge is 0.259 e. The van der Waals surface area contributed by atoms with Crippen LogP contribution < -0.4 is 15.5 Å². The van der Waals surface area contributed by atoms with Crippen molar-refractivity contribution in [2.75, 3.05) is 19.0 Å². The molecule has 0 aromatic heterocycles. The number of nitrogens with one attached hydrogen (secondary N) is 2. The molecule has 0 unspecified atom stereocenters. The van der Waals surface area contributed by atoms with Gasteiger partial charge in [-0.3, -0.25) is 4.79 Å². The van der Waals surface area contributed by atoms with Gasteiger partial charge in [-0.2, -0.15) is 5.10 Å². The number of hydrogen-bond acceptors (Lipinski definition) is 4. The van der Waals surface area contributed by atoms with E-state index >= 15 is 0 Å². The maximum absolute atomic E-state index is 11.9. The monoisotopic (exact) mass is 365 g/mol. The number of benzene rings is 2. The molecule has 5 nitrogen and oxygen atoms in total. The Morgan fingerprint density at radius 1 is 1.17 bits per heavy atom. The van der Waals surface area contributed by atoms with Crippen molar-refractivity contribution in [3.8, 4) is 5.75 Å². The molecule has 2 N–H and O–H groups in total. The minimum Gasteiger partial charge on any atom is -0.497 e. The Bertz CT molecular complexity index is 746. The van der Waals surface area contributed by atoms with Crippen molar-refractivity contribution in [3.63, 3.8) is 0 Å². The Labute approximate surface area is 150 Å². The Morgan fingerprint density at radius 2 is 1.88 bits per heavy atom. The molecule has 2 aromatic carbocycles. The maximum Gasteiger partial charge on any atom is 0.259 e. The van der Waals surface area contributed by atoms with Gasteiger partial charge in [-0.25, -0.2) is 5.43 Å². The fourth-order valence-electron chi connectivity index (χ4n) is 1.91. The molecule has 0 aliphatic carbocycles. The van der Waals surface area contributed by atoms with E-state index in [0.717, 1.165) is 11.4 Å². The number of ether oxygens (including phenoxy) is 1. The summed E-state index contributed by atoms with van der Waals surface area (Å²) in [5.74, 6) is 0.479. The Morgan fingerprint density at radius 3 is 2.54 bits per heavy atom. The molecule has 2 aromatic rings. The zero-order chi connectivity index (χ0) is 17.5. The molecular formula is C17H17Cl2N3O2. The first kappa shape index (κ1) is 18.1. The van der Waals surface area contributed by atoms with Crippen molar-refractivity contribution in [1.82, 2.24) is 5.43 Å². The zero-order valence-electron chi connectivity index (χ0n) is 13.3. The second-order valence-corrected chi connectivity index (χ2v) is 5.78. The summed E-state index contributed by atoms with van der Waals surface area (Å²) >= 11 is 12.0. The van der Waals surface area contributed by atoms with E-state index < -0.39 is 0 Å². The second-order valence-electron chi connectivity index (χ2n) is 4.94. The van der Waals surface area contributed by atoms with Gasteiger partial charge < -0.3 is 10.1 Å². The molecule has 0 heterocycles. The topological polar surface area (TPSA) is 62.7 Å². The van der Waals surface area contributed by atoms with E-state index in [1.165, 1.54) is 0 Å². The largest absolute Gasteiger partial charge is 0.497 e. The maximum atomic E-state index is 11.9. The van der Waals surface area contributed by atoms with Gasteiger partial charge in [-0.1, -0.05) is 23.2 Å². The van der Waals surface area contributed by atoms with Crippen LogP contribution in [-0.4, -0.2) is 25.3 Å². The van der Waals surface area contributed by atoms with Gasteiger partial charge in [0, 0.05) is 21.3 Å². The van der Waals surface area contributed by atoms with Crippen LogP contribution in [0.25, 0.3) is 0 Å². The summed E-state index contributed by atoms with van der Waals surface area (Å²) in [5.41, 5.74) is 4.53. The minimum atomic E-state index is -0.275. The van der Waals surface area contributed by atoms with Crippen molar-refractivity contribution in [3.05, 3.63) is 58.1 Å². The number of nitrogens with zero attached hydrogens (tertiary/aromatic N) is 1. The number of amides is 1. The molecule has 0 radical (unpaired) electrons. The molecule has 0 fully saturated rings. The number of halogens is 2. The van der Waals surface area contributed by atoms with Gasteiger partial charge in [0.15, 0.2) is 0 Å². The highest BCUT2D eigenvalue weighted by molar-refractivity contribution is 6.36. The van der Waals surface area contributed by atoms with Crippen LogP contribution in [0.3, 0.4) is 0 Å². The van der Waals surface area contributed by atoms with Gasteiger partial charge in [-0.15, -0.1) is 0 Å². The minimum absolute atomic E-state index is 0.0897. The predicted octanol–water partition coefficient (Wildman–Crippen LogP) is 3.95. The first-order chi connectivity index (χ1) is 11.5. The standard InChI is InChI=1S/C17H17Cl2N3O2/c1-11(15-9-12(18)3-8-16(15)19)21-22-17(23)10-20-13-4-6-14(24-2)7-5-13/h3-9,20H,10H2,1-2H3,(H,22,23)/b21-11+. The Hall–Kier alpha value is -2.24. The number of hydrogen-bond donors (Lipinski definition) is 2. The molecule has 126 valence electrons. The molecular weight excluding hydrogens is 349 g/mol. The van der Waals surface area contributed by atoms with Crippen LogP contribution >= 0.6 is 23.2 Å². The summed E-state index contributed by atoms with van der Waals surface area (Å²) < 4.78 is 5.07. The lowest BCUT2D eigenvalue weighted by Crippen LogP contribution is -2.26. The van der Waals surface area contributed by atoms with E-state index in [1.807, 2.05) is 24.3 Å². The third-order valence-electron chi connectivity index (χ3n) is 3.21. The molecule has 0 spiro atoms. The van der Waals surface area contributed by atoms with Crippen LogP contribution in [0.15, 0.2) is 47.6 Å². The summed E-state index contributed by atoms with van der Waals surface area (Å²) in [5, 5.41) is 8.12. The van der Waals surface area contributed by atoms with E-state index in [4.69, 9.17) is 27.9 Å². The molecule has 0 bridgehead atoms. The highest BCUT2D eigenvalue weighted by Gasteiger charge is 2.06. The average molecular weight is 366 g/mol. The number of anilines is 1. The van der Waals surface area contributed by atoms with Crippen molar-refractivity contribution in [2.45, 2.75) is 6.92 Å². The van der Waals surface area contributed by atoms with Crippen LogP contribution in [0.2, 0.25) is 10.0 Å². The number of carbonyl (C=O) groups excluding carboxylic acids is 1. The molecule has 0 atom stereocenters. The molecule has 0 saturated carbocycles. The lowest BCUT2D eigenvalue weighted by atomic mass is 10.1. The first-order valence-corrected chi connectivity index (χ1v) is 7.91. The van der Waals surface area contributed by atoms with E-state index in [9.17, 15) is 4.79 Å². The third-order valence-corrected chi connectivity index (χ3v) is 3.77. The van der Waals surface area contributed by atoms with Crippen molar-refractivity contribution in [2.24, 2.45) is 5.10 Å². The van der Waals surface area contributed by atoms with E-state index in [-0.39, 0.29) is 12.5 Å². The van der Waals surface area contributed by atoms with Gasteiger partial charge in [0.2, 0.25) is 0 Å². The quantitative estimate of drug-likeness (QED) is 0.601. The Kier molecular flexibility index (Phi) is 6.46. The second kappa shape index (κ2) is 8.57. The normalized spacial score (nSPS) is 11.1. The van der Waals surface area contributed by atoms with Gasteiger partial charge >= 0.3 is 0 Å². The van der Waals surface area contributed by atoms with Crippen molar-refractivity contribution < 1.29 is 9.53 Å². The van der Waals surface area contributed by atoms with Gasteiger partial charge in [0.25, 0.3) is 5.91 Å². The summed E-state index contributed by atoms with van der Waals surface area (Å²) in [7, 11) is 1.60. The highest BCUT2D eigenvalue weighted by atomic mass is 35.5. The van der Waals surface area contributed by atoms with E-state index in [0.29, 0.717) is 21.3 Å². The summed E-state index contributed by atoms with van der Waals surface area (Å²) in [6.45, 7) is 1.83. The molecule has 2 rings (SSSR count).